The van der Waals surface area contributed by atoms with E-state index in [1.54, 1.807) is 6.08 Å². The smallest absolute Gasteiger partial charge is 0.407 e. The van der Waals surface area contributed by atoms with Crippen molar-refractivity contribution in [1.29, 1.82) is 0 Å². The fourth-order valence-electron chi connectivity index (χ4n) is 2.68. The van der Waals surface area contributed by atoms with Crippen molar-refractivity contribution in [1.82, 2.24) is 10.6 Å². The summed E-state index contributed by atoms with van der Waals surface area (Å²) in [6.45, 7) is 4.59. The van der Waals surface area contributed by atoms with Gasteiger partial charge in [0.05, 0.1) is 6.10 Å². The summed E-state index contributed by atoms with van der Waals surface area (Å²) in [6, 6.07) is 9.58. The molecule has 5 nitrogen and oxygen atoms in total. The van der Waals surface area contributed by atoms with Crippen LogP contribution in [0, 0.1) is 0 Å². The quantitative estimate of drug-likeness (QED) is 0.703. The first-order valence-electron chi connectivity index (χ1n) is 7.68. The van der Waals surface area contributed by atoms with E-state index in [0.717, 1.165) is 18.4 Å². The van der Waals surface area contributed by atoms with Crippen LogP contribution in [0.3, 0.4) is 0 Å². The summed E-state index contributed by atoms with van der Waals surface area (Å²) in [4.78, 5) is 11.8. The van der Waals surface area contributed by atoms with Crippen LogP contribution in [0.5, 0.6) is 0 Å². The number of benzene rings is 1. The molecule has 3 N–H and O–H groups in total. The highest BCUT2D eigenvalue weighted by Gasteiger charge is 2.29. The van der Waals surface area contributed by atoms with Gasteiger partial charge in [0, 0.05) is 18.6 Å². The molecule has 0 bridgehead atoms. The Kier molecular flexibility index (Phi) is 6.43. The fourth-order valence-corrected chi connectivity index (χ4v) is 2.68. The Bertz CT molecular complexity index is 478. The SMILES string of the molecule is C=CCN[C@@H]1CC[C@@H](NC(=O)OCc2ccccc2)C[C@H]1O. The molecule has 120 valence electrons. The Morgan fingerprint density at radius 2 is 2.14 bits per heavy atom. The minimum absolute atomic E-state index is 0.0416. The Balaban J connectivity index is 1.70. The summed E-state index contributed by atoms with van der Waals surface area (Å²) in [6.07, 6.45) is 3.06. The van der Waals surface area contributed by atoms with Gasteiger partial charge in [-0.2, -0.15) is 0 Å². The molecule has 1 aromatic rings. The van der Waals surface area contributed by atoms with Crippen LogP contribution in [-0.4, -0.2) is 35.9 Å². The van der Waals surface area contributed by atoms with Crippen LogP contribution >= 0.6 is 0 Å². The molecule has 0 unspecified atom stereocenters. The molecule has 3 atom stereocenters. The lowest BCUT2D eigenvalue weighted by molar-refractivity contribution is 0.0723. The van der Waals surface area contributed by atoms with Crippen molar-refractivity contribution >= 4 is 6.09 Å². The third kappa shape index (κ3) is 5.16. The van der Waals surface area contributed by atoms with Crippen molar-refractivity contribution in [3.63, 3.8) is 0 Å². The molecule has 1 aliphatic carbocycles. The molecular formula is C17H24N2O3. The molecule has 0 spiro atoms. The van der Waals surface area contributed by atoms with Gasteiger partial charge in [0.25, 0.3) is 0 Å². The molecule has 22 heavy (non-hydrogen) atoms. The van der Waals surface area contributed by atoms with Crippen molar-refractivity contribution in [3.8, 4) is 0 Å². The third-order valence-electron chi connectivity index (χ3n) is 3.88. The van der Waals surface area contributed by atoms with Crippen LogP contribution in [0.2, 0.25) is 0 Å². The topological polar surface area (TPSA) is 70.6 Å². The molecule has 1 aliphatic rings. The second-order valence-electron chi connectivity index (χ2n) is 5.59. The highest BCUT2D eigenvalue weighted by Crippen LogP contribution is 2.19. The lowest BCUT2D eigenvalue weighted by Crippen LogP contribution is -2.50. The van der Waals surface area contributed by atoms with Crippen molar-refractivity contribution in [2.75, 3.05) is 6.54 Å². The molecular weight excluding hydrogens is 280 g/mol. The summed E-state index contributed by atoms with van der Waals surface area (Å²) < 4.78 is 5.20. The highest BCUT2D eigenvalue weighted by molar-refractivity contribution is 5.67. The minimum atomic E-state index is -0.465. The highest BCUT2D eigenvalue weighted by atomic mass is 16.5. The summed E-state index contributed by atoms with van der Waals surface area (Å²) in [7, 11) is 0. The average Bonchev–Trinajstić information content (AvgIpc) is 2.53. The van der Waals surface area contributed by atoms with Crippen molar-refractivity contribution in [3.05, 3.63) is 48.6 Å². The van der Waals surface area contributed by atoms with Crippen molar-refractivity contribution in [2.24, 2.45) is 0 Å². The predicted molar refractivity (Wildman–Crippen MR) is 85.4 cm³/mol. The van der Waals surface area contributed by atoms with Gasteiger partial charge in [0.2, 0.25) is 0 Å². The third-order valence-corrected chi connectivity index (χ3v) is 3.88. The van der Waals surface area contributed by atoms with Gasteiger partial charge in [0.1, 0.15) is 6.61 Å². The van der Waals surface area contributed by atoms with Crippen molar-refractivity contribution in [2.45, 2.75) is 44.1 Å². The van der Waals surface area contributed by atoms with Crippen LogP contribution < -0.4 is 10.6 Å². The monoisotopic (exact) mass is 304 g/mol. The second kappa shape index (κ2) is 8.56. The van der Waals surface area contributed by atoms with Crippen LogP contribution in [0.1, 0.15) is 24.8 Å². The largest absolute Gasteiger partial charge is 0.445 e. The van der Waals surface area contributed by atoms with E-state index in [0.29, 0.717) is 13.0 Å². The van der Waals surface area contributed by atoms with Gasteiger partial charge in [-0.25, -0.2) is 4.79 Å². The number of nitrogens with one attached hydrogen (secondary N) is 2. The molecule has 2 rings (SSSR count). The summed E-state index contributed by atoms with van der Waals surface area (Å²) >= 11 is 0. The summed E-state index contributed by atoms with van der Waals surface area (Å²) in [5.41, 5.74) is 0.954. The molecule has 1 saturated carbocycles. The van der Waals surface area contributed by atoms with Gasteiger partial charge in [-0.3, -0.25) is 0 Å². The molecule has 0 heterocycles. The van der Waals surface area contributed by atoms with Crippen LogP contribution in [0.4, 0.5) is 4.79 Å². The number of hydrogen-bond donors (Lipinski definition) is 3. The predicted octanol–water partition coefficient (Wildman–Crippen LogP) is 1.97. The standard InChI is InChI=1S/C17H24N2O3/c1-2-10-18-15-9-8-14(11-16(15)20)19-17(21)22-12-13-6-4-3-5-7-13/h2-7,14-16,18,20H,1,8-12H2,(H,19,21)/t14-,15-,16-/m1/s1. The van der Waals surface area contributed by atoms with E-state index in [-0.39, 0.29) is 18.7 Å². The van der Waals surface area contributed by atoms with E-state index in [9.17, 15) is 9.90 Å². The number of ether oxygens (including phenoxy) is 1. The molecule has 5 heteroatoms. The first-order valence-corrected chi connectivity index (χ1v) is 7.68. The van der Waals surface area contributed by atoms with Gasteiger partial charge in [0.15, 0.2) is 0 Å². The number of rotatable bonds is 6. The molecule has 0 aliphatic heterocycles. The van der Waals surface area contributed by atoms with Gasteiger partial charge >= 0.3 is 6.09 Å². The van der Waals surface area contributed by atoms with E-state index in [1.165, 1.54) is 0 Å². The van der Waals surface area contributed by atoms with E-state index in [4.69, 9.17) is 4.74 Å². The summed E-state index contributed by atoms with van der Waals surface area (Å²) in [5, 5.41) is 16.2. The number of carbonyl (C=O) groups excluding carboxylic acids is 1. The molecule has 1 fully saturated rings. The lowest BCUT2D eigenvalue weighted by Gasteiger charge is -2.33. The number of hydrogen-bond acceptors (Lipinski definition) is 4. The fraction of sp³-hybridized carbons (Fsp3) is 0.471. The Morgan fingerprint density at radius 1 is 1.36 bits per heavy atom. The number of aliphatic hydroxyl groups excluding tert-OH is 1. The lowest BCUT2D eigenvalue weighted by atomic mass is 9.88. The number of alkyl carbamates (subject to hydrolysis) is 1. The maximum absolute atomic E-state index is 11.8. The van der Waals surface area contributed by atoms with Gasteiger partial charge in [-0.15, -0.1) is 6.58 Å². The second-order valence-corrected chi connectivity index (χ2v) is 5.59. The number of carbonyl (C=O) groups is 1. The first kappa shape index (κ1) is 16.5. The van der Waals surface area contributed by atoms with Crippen LogP contribution in [0.15, 0.2) is 43.0 Å². The van der Waals surface area contributed by atoms with E-state index in [1.807, 2.05) is 30.3 Å². The molecule has 0 saturated heterocycles. The zero-order valence-corrected chi connectivity index (χ0v) is 12.7. The zero-order valence-electron chi connectivity index (χ0n) is 12.7. The Labute approximate surface area is 131 Å². The Hall–Kier alpha value is -1.85. The molecule has 1 amide bonds. The maximum atomic E-state index is 11.8. The zero-order chi connectivity index (χ0) is 15.8. The average molecular weight is 304 g/mol. The minimum Gasteiger partial charge on any atom is -0.445 e. The Morgan fingerprint density at radius 3 is 2.82 bits per heavy atom. The van der Waals surface area contributed by atoms with Crippen LogP contribution in [-0.2, 0) is 11.3 Å². The number of aliphatic hydroxyl groups is 1. The first-order chi connectivity index (χ1) is 10.7. The van der Waals surface area contributed by atoms with Crippen LogP contribution in [0.25, 0.3) is 0 Å². The number of amides is 1. The molecule has 0 radical (unpaired) electrons. The van der Waals surface area contributed by atoms with Gasteiger partial charge in [-0.05, 0) is 24.8 Å². The summed E-state index contributed by atoms with van der Waals surface area (Å²) in [5.74, 6) is 0. The molecule has 1 aromatic carbocycles. The normalized spacial score (nSPS) is 24.5. The van der Waals surface area contributed by atoms with Gasteiger partial charge < -0.3 is 20.5 Å². The molecule has 0 aromatic heterocycles. The van der Waals surface area contributed by atoms with Crippen molar-refractivity contribution < 1.29 is 14.6 Å². The van der Waals surface area contributed by atoms with E-state index >= 15 is 0 Å². The van der Waals surface area contributed by atoms with E-state index in [2.05, 4.69) is 17.2 Å². The maximum Gasteiger partial charge on any atom is 0.407 e. The van der Waals surface area contributed by atoms with E-state index < -0.39 is 12.2 Å². The van der Waals surface area contributed by atoms with Gasteiger partial charge in [-0.1, -0.05) is 36.4 Å².